The molecular formula is C16H16ClN3. The minimum absolute atomic E-state index is 0.0817. The molecule has 0 saturated heterocycles. The van der Waals surface area contributed by atoms with Crippen LogP contribution in [0.25, 0.3) is 10.9 Å². The van der Waals surface area contributed by atoms with Gasteiger partial charge < -0.3 is 5.32 Å². The number of nitriles is 1. The van der Waals surface area contributed by atoms with Crippen molar-refractivity contribution in [2.75, 3.05) is 5.32 Å². The highest BCUT2D eigenvalue weighted by Gasteiger charge is 2.25. The Balaban J connectivity index is 1.95. The number of hydrogen-bond acceptors (Lipinski definition) is 3. The van der Waals surface area contributed by atoms with E-state index >= 15 is 0 Å². The molecule has 102 valence electrons. The Morgan fingerprint density at radius 2 is 2.10 bits per heavy atom. The number of hydrogen-bond donors (Lipinski definition) is 1. The first-order chi connectivity index (χ1) is 9.79. The van der Waals surface area contributed by atoms with Crippen LogP contribution in [0.1, 0.15) is 25.7 Å². The number of aromatic nitrogens is 1. The van der Waals surface area contributed by atoms with Gasteiger partial charge >= 0.3 is 0 Å². The van der Waals surface area contributed by atoms with Crippen molar-refractivity contribution in [3.8, 4) is 6.07 Å². The predicted molar refractivity (Wildman–Crippen MR) is 81.7 cm³/mol. The molecule has 1 aliphatic rings. The van der Waals surface area contributed by atoms with E-state index in [2.05, 4.69) is 16.4 Å². The van der Waals surface area contributed by atoms with Crippen molar-refractivity contribution in [1.29, 1.82) is 5.26 Å². The molecule has 0 aliphatic heterocycles. The SMILES string of the molecule is N#CC1CCCCC1Nc1ccc(Cl)c2cccnc12. The number of halogens is 1. The molecule has 4 heteroatoms. The molecule has 1 N–H and O–H groups in total. The number of fused-ring (bicyclic) bond motifs is 1. The fourth-order valence-electron chi connectivity index (χ4n) is 2.91. The summed E-state index contributed by atoms with van der Waals surface area (Å²) >= 11 is 6.21. The normalized spacial score (nSPS) is 22.4. The maximum absolute atomic E-state index is 9.27. The summed E-state index contributed by atoms with van der Waals surface area (Å²) in [6, 6.07) is 10.3. The minimum Gasteiger partial charge on any atom is -0.379 e. The molecule has 1 heterocycles. The second-order valence-corrected chi connectivity index (χ2v) is 5.67. The molecule has 0 spiro atoms. The molecule has 3 nitrogen and oxygen atoms in total. The van der Waals surface area contributed by atoms with Gasteiger partial charge in [0.15, 0.2) is 0 Å². The van der Waals surface area contributed by atoms with Crippen LogP contribution in [-0.4, -0.2) is 11.0 Å². The lowest BCUT2D eigenvalue weighted by Crippen LogP contribution is -2.31. The first-order valence-electron chi connectivity index (χ1n) is 6.99. The molecule has 2 unspecified atom stereocenters. The number of benzene rings is 1. The summed E-state index contributed by atoms with van der Waals surface area (Å²) in [6.45, 7) is 0. The van der Waals surface area contributed by atoms with Crippen molar-refractivity contribution in [2.45, 2.75) is 31.7 Å². The summed E-state index contributed by atoms with van der Waals surface area (Å²) in [5.74, 6) is 0.0817. The number of anilines is 1. The number of pyridine rings is 1. The second-order valence-electron chi connectivity index (χ2n) is 5.27. The van der Waals surface area contributed by atoms with E-state index in [4.69, 9.17) is 11.6 Å². The Hall–Kier alpha value is -1.79. The van der Waals surface area contributed by atoms with Gasteiger partial charge in [-0.1, -0.05) is 24.4 Å². The lowest BCUT2D eigenvalue weighted by Gasteiger charge is -2.28. The molecule has 0 amide bonds. The zero-order valence-electron chi connectivity index (χ0n) is 11.1. The van der Waals surface area contributed by atoms with Crippen LogP contribution in [0.4, 0.5) is 5.69 Å². The van der Waals surface area contributed by atoms with Crippen molar-refractivity contribution in [3.05, 3.63) is 35.5 Å². The molecule has 0 bridgehead atoms. The van der Waals surface area contributed by atoms with Crippen LogP contribution in [0, 0.1) is 17.2 Å². The van der Waals surface area contributed by atoms with Gasteiger partial charge in [-0.2, -0.15) is 5.26 Å². The Morgan fingerprint density at radius 3 is 2.95 bits per heavy atom. The van der Waals surface area contributed by atoms with Crippen LogP contribution in [0.3, 0.4) is 0 Å². The van der Waals surface area contributed by atoms with Crippen molar-refractivity contribution in [2.24, 2.45) is 5.92 Å². The quantitative estimate of drug-likeness (QED) is 0.890. The monoisotopic (exact) mass is 285 g/mol. The van der Waals surface area contributed by atoms with Crippen molar-refractivity contribution in [3.63, 3.8) is 0 Å². The fourth-order valence-corrected chi connectivity index (χ4v) is 3.13. The molecule has 2 aromatic rings. The van der Waals surface area contributed by atoms with Crippen LogP contribution >= 0.6 is 11.6 Å². The Morgan fingerprint density at radius 1 is 1.25 bits per heavy atom. The lowest BCUT2D eigenvalue weighted by molar-refractivity contribution is 0.389. The van der Waals surface area contributed by atoms with Gasteiger partial charge in [-0.25, -0.2) is 0 Å². The summed E-state index contributed by atoms with van der Waals surface area (Å²) in [6.07, 6.45) is 6.11. The molecule has 20 heavy (non-hydrogen) atoms. The van der Waals surface area contributed by atoms with E-state index in [0.29, 0.717) is 5.02 Å². The van der Waals surface area contributed by atoms with Gasteiger partial charge in [0, 0.05) is 17.6 Å². The number of rotatable bonds is 2. The number of nitrogens with one attached hydrogen (secondary N) is 1. The molecule has 1 aliphatic carbocycles. The molecular weight excluding hydrogens is 270 g/mol. The highest BCUT2D eigenvalue weighted by atomic mass is 35.5. The Labute approximate surface area is 123 Å². The maximum Gasteiger partial charge on any atom is 0.0948 e. The van der Waals surface area contributed by atoms with E-state index in [-0.39, 0.29) is 12.0 Å². The summed E-state index contributed by atoms with van der Waals surface area (Å²) in [5.41, 5.74) is 1.85. The topological polar surface area (TPSA) is 48.7 Å². The van der Waals surface area contributed by atoms with Crippen molar-refractivity contribution in [1.82, 2.24) is 4.98 Å². The smallest absolute Gasteiger partial charge is 0.0948 e. The minimum atomic E-state index is 0.0817. The fraction of sp³-hybridized carbons (Fsp3) is 0.375. The van der Waals surface area contributed by atoms with Crippen LogP contribution in [0.15, 0.2) is 30.5 Å². The van der Waals surface area contributed by atoms with Crippen molar-refractivity contribution < 1.29 is 0 Å². The summed E-state index contributed by atoms with van der Waals surface area (Å²) in [4.78, 5) is 4.43. The van der Waals surface area contributed by atoms with E-state index < -0.39 is 0 Å². The van der Waals surface area contributed by atoms with Gasteiger partial charge in [-0.15, -0.1) is 0 Å². The van der Waals surface area contributed by atoms with Crippen LogP contribution in [-0.2, 0) is 0 Å². The van der Waals surface area contributed by atoms with Gasteiger partial charge in [0.05, 0.1) is 28.2 Å². The van der Waals surface area contributed by atoms with E-state index in [0.717, 1.165) is 35.9 Å². The third-order valence-electron chi connectivity index (χ3n) is 3.99. The van der Waals surface area contributed by atoms with Crippen LogP contribution < -0.4 is 5.32 Å². The van der Waals surface area contributed by atoms with Gasteiger partial charge in [0.25, 0.3) is 0 Å². The van der Waals surface area contributed by atoms with E-state index in [9.17, 15) is 5.26 Å². The zero-order chi connectivity index (χ0) is 13.9. The first kappa shape index (κ1) is 13.2. The number of nitrogens with zero attached hydrogens (tertiary/aromatic N) is 2. The average molecular weight is 286 g/mol. The van der Waals surface area contributed by atoms with Gasteiger partial charge in [0.2, 0.25) is 0 Å². The summed E-state index contributed by atoms with van der Waals surface area (Å²) in [7, 11) is 0. The highest BCUT2D eigenvalue weighted by Crippen LogP contribution is 2.32. The molecule has 0 radical (unpaired) electrons. The van der Waals surface area contributed by atoms with Gasteiger partial charge in [-0.3, -0.25) is 4.98 Å². The molecule has 1 fully saturated rings. The second kappa shape index (κ2) is 5.68. The third kappa shape index (κ3) is 2.44. The molecule has 1 saturated carbocycles. The van der Waals surface area contributed by atoms with Crippen LogP contribution in [0.2, 0.25) is 5.02 Å². The summed E-state index contributed by atoms with van der Waals surface area (Å²) < 4.78 is 0. The van der Waals surface area contributed by atoms with E-state index in [1.54, 1.807) is 6.20 Å². The van der Waals surface area contributed by atoms with Gasteiger partial charge in [-0.05, 0) is 37.1 Å². The van der Waals surface area contributed by atoms with Crippen molar-refractivity contribution >= 4 is 28.2 Å². The highest BCUT2D eigenvalue weighted by molar-refractivity contribution is 6.35. The summed E-state index contributed by atoms with van der Waals surface area (Å²) in [5, 5.41) is 14.4. The lowest BCUT2D eigenvalue weighted by atomic mass is 9.85. The third-order valence-corrected chi connectivity index (χ3v) is 4.32. The zero-order valence-corrected chi connectivity index (χ0v) is 11.9. The largest absolute Gasteiger partial charge is 0.379 e. The maximum atomic E-state index is 9.27. The molecule has 1 aromatic heterocycles. The van der Waals surface area contributed by atoms with E-state index in [1.165, 1.54) is 6.42 Å². The Bertz CT molecular complexity index is 662. The first-order valence-corrected chi connectivity index (χ1v) is 7.37. The van der Waals surface area contributed by atoms with Gasteiger partial charge in [0.1, 0.15) is 0 Å². The molecule has 1 aromatic carbocycles. The standard InChI is InChI=1S/C16H16ClN3/c17-13-7-8-15(16-12(13)5-3-9-19-16)20-14-6-2-1-4-11(14)10-18/h3,5,7-9,11,14,20H,1-2,4,6H2. The molecule has 2 atom stereocenters. The van der Waals surface area contributed by atoms with E-state index in [1.807, 2.05) is 24.3 Å². The molecule has 3 rings (SSSR count). The Kier molecular flexibility index (Phi) is 3.75. The van der Waals surface area contributed by atoms with Crippen LogP contribution in [0.5, 0.6) is 0 Å². The predicted octanol–water partition coefficient (Wildman–Crippen LogP) is 4.38. The average Bonchev–Trinajstić information content (AvgIpc) is 2.51.